The lowest BCUT2D eigenvalue weighted by molar-refractivity contribution is -0.123. The Morgan fingerprint density at radius 2 is 1.79 bits per heavy atom. The first-order valence-corrected chi connectivity index (χ1v) is 11.5. The summed E-state index contributed by atoms with van der Waals surface area (Å²) in [5.41, 5.74) is 7.52. The fourth-order valence-corrected chi connectivity index (χ4v) is 4.83. The minimum atomic E-state index is -0.172. The van der Waals surface area contributed by atoms with E-state index in [9.17, 15) is 9.59 Å². The molecule has 1 aromatic rings. The van der Waals surface area contributed by atoms with Crippen LogP contribution < -0.4 is 11.1 Å². The van der Waals surface area contributed by atoms with Gasteiger partial charge in [0.1, 0.15) is 0 Å². The monoisotopic (exact) mass is 399 g/mol. The number of nitrogens with one attached hydrogen (secondary N) is 1. The highest BCUT2D eigenvalue weighted by Gasteiger charge is 2.26. The van der Waals surface area contributed by atoms with Gasteiger partial charge >= 0.3 is 0 Å². The number of carbonyl (C=O) groups is 2. The van der Waals surface area contributed by atoms with Gasteiger partial charge < -0.3 is 11.1 Å². The van der Waals surface area contributed by atoms with Crippen molar-refractivity contribution in [3.8, 4) is 0 Å². The Hall–Kier alpha value is -1.88. The molecule has 2 amide bonds. The van der Waals surface area contributed by atoms with Gasteiger partial charge in [-0.05, 0) is 75.2 Å². The van der Waals surface area contributed by atoms with Gasteiger partial charge in [0.05, 0.1) is 0 Å². The van der Waals surface area contributed by atoms with Crippen LogP contribution in [0.4, 0.5) is 5.69 Å². The van der Waals surface area contributed by atoms with Crippen molar-refractivity contribution in [3.63, 3.8) is 0 Å². The molecule has 2 fully saturated rings. The van der Waals surface area contributed by atoms with Gasteiger partial charge in [-0.1, -0.05) is 38.3 Å². The SMILES string of the molecule is CCCCC1CCC(C(=O)Nc2cccc(CN3CCC(C(N)=O)CC3)c2)CC1. The molecule has 1 aromatic carbocycles. The topological polar surface area (TPSA) is 75.4 Å². The highest BCUT2D eigenvalue weighted by atomic mass is 16.2. The van der Waals surface area contributed by atoms with Crippen molar-refractivity contribution in [2.45, 2.75) is 71.3 Å². The summed E-state index contributed by atoms with van der Waals surface area (Å²) < 4.78 is 0. The minimum absolute atomic E-state index is 0.0222. The van der Waals surface area contributed by atoms with Crippen LogP contribution in [-0.2, 0) is 16.1 Å². The molecule has 0 unspecified atom stereocenters. The molecule has 2 aliphatic rings. The summed E-state index contributed by atoms with van der Waals surface area (Å²) in [6, 6.07) is 8.19. The minimum Gasteiger partial charge on any atom is -0.369 e. The molecule has 29 heavy (non-hydrogen) atoms. The van der Waals surface area contributed by atoms with Crippen molar-refractivity contribution in [2.24, 2.45) is 23.5 Å². The zero-order valence-corrected chi connectivity index (χ0v) is 17.9. The molecule has 1 aliphatic carbocycles. The van der Waals surface area contributed by atoms with E-state index >= 15 is 0 Å². The Bertz CT molecular complexity index is 674. The number of unbranched alkanes of at least 4 members (excludes halogenated alkanes) is 1. The Morgan fingerprint density at radius 1 is 1.07 bits per heavy atom. The van der Waals surface area contributed by atoms with Crippen molar-refractivity contribution in [3.05, 3.63) is 29.8 Å². The number of benzene rings is 1. The molecule has 3 N–H and O–H groups in total. The maximum atomic E-state index is 12.7. The van der Waals surface area contributed by atoms with Crippen LogP contribution in [0.3, 0.4) is 0 Å². The first-order valence-electron chi connectivity index (χ1n) is 11.5. The van der Waals surface area contributed by atoms with E-state index in [1.165, 1.54) is 37.7 Å². The molecule has 0 bridgehead atoms. The molecule has 1 aliphatic heterocycles. The number of nitrogens with two attached hydrogens (primary N) is 1. The molecule has 1 saturated heterocycles. The third-order valence-corrected chi connectivity index (χ3v) is 6.77. The lowest BCUT2D eigenvalue weighted by Gasteiger charge is -2.30. The maximum absolute atomic E-state index is 12.7. The fraction of sp³-hybridized carbons (Fsp3) is 0.667. The van der Waals surface area contributed by atoms with Crippen LogP contribution in [0, 0.1) is 17.8 Å². The summed E-state index contributed by atoms with van der Waals surface area (Å²) in [5, 5.41) is 3.15. The molecule has 5 nitrogen and oxygen atoms in total. The second kappa shape index (κ2) is 10.8. The van der Waals surface area contributed by atoms with E-state index < -0.39 is 0 Å². The van der Waals surface area contributed by atoms with Gasteiger partial charge in [0.15, 0.2) is 0 Å². The molecular weight excluding hydrogens is 362 g/mol. The average Bonchev–Trinajstić information content (AvgIpc) is 2.73. The van der Waals surface area contributed by atoms with Gasteiger partial charge in [0.25, 0.3) is 0 Å². The van der Waals surface area contributed by atoms with Gasteiger partial charge in [0, 0.05) is 24.1 Å². The Balaban J connectivity index is 1.46. The summed E-state index contributed by atoms with van der Waals surface area (Å²) in [4.78, 5) is 26.4. The number of carbonyl (C=O) groups excluding carboxylic acids is 2. The molecule has 160 valence electrons. The number of hydrogen-bond acceptors (Lipinski definition) is 3. The van der Waals surface area contributed by atoms with Crippen LogP contribution in [0.1, 0.15) is 70.3 Å². The van der Waals surface area contributed by atoms with E-state index in [4.69, 9.17) is 5.73 Å². The maximum Gasteiger partial charge on any atom is 0.227 e. The number of nitrogens with zero attached hydrogens (tertiary/aromatic N) is 1. The predicted octanol–water partition coefficient (Wildman–Crippen LogP) is 4.32. The third kappa shape index (κ3) is 6.56. The van der Waals surface area contributed by atoms with E-state index in [2.05, 4.69) is 29.3 Å². The molecule has 0 aromatic heterocycles. The van der Waals surface area contributed by atoms with E-state index in [1.54, 1.807) is 0 Å². The summed E-state index contributed by atoms with van der Waals surface area (Å²) in [5.74, 6) is 1.01. The highest BCUT2D eigenvalue weighted by Crippen LogP contribution is 2.32. The lowest BCUT2D eigenvalue weighted by Crippen LogP contribution is -2.38. The zero-order valence-electron chi connectivity index (χ0n) is 17.9. The van der Waals surface area contributed by atoms with Gasteiger partial charge in [-0.15, -0.1) is 0 Å². The third-order valence-electron chi connectivity index (χ3n) is 6.77. The molecule has 1 saturated carbocycles. The molecule has 0 atom stereocenters. The van der Waals surface area contributed by atoms with E-state index in [0.717, 1.165) is 56.9 Å². The van der Waals surface area contributed by atoms with Crippen LogP contribution in [0.25, 0.3) is 0 Å². The van der Waals surface area contributed by atoms with Crippen molar-refractivity contribution in [1.29, 1.82) is 0 Å². The smallest absolute Gasteiger partial charge is 0.227 e. The highest BCUT2D eigenvalue weighted by molar-refractivity contribution is 5.92. The number of primary amides is 1. The van der Waals surface area contributed by atoms with Crippen molar-refractivity contribution < 1.29 is 9.59 Å². The Kier molecular flexibility index (Phi) is 8.10. The normalized spacial score (nSPS) is 23.6. The number of amides is 2. The number of likely N-dealkylation sites (tertiary alicyclic amines) is 1. The molecule has 1 heterocycles. The lowest BCUT2D eigenvalue weighted by atomic mass is 9.79. The molecule has 3 rings (SSSR count). The van der Waals surface area contributed by atoms with E-state index in [-0.39, 0.29) is 23.7 Å². The van der Waals surface area contributed by atoms with Gasteiger partial charge in [-0.2, -0.15) is 0 Å². The Morgan fingerprint density at radius 3 is 2.45 bits per heavy atom. The van der Waals surface area contributed by atoms with Gasteiger partial charge in [-0.3, -0.25) is 14.5 Å². The van der Waals surface area contributed by atoms with Gasteiger partial charge in [0.2, 0.25) is 11.8 Å². The number of piperidine rings is 1. The quantitative estimate of drug-likeness (QED) is 0.683. The van der Waals surface area contributed by atoms with Crippen LogP contribution in [0.15, 0.2) is 24.3 Å². The van der Waals surface area contributed by atoms with E-state index in [1.807, 2.05) is 12.1 Å². The first-order chi connectivity index (χ1) is 14.0. The van der Waals surface area contributed by atoms with Gasteiger partial charge in [-0.25, -0.2) is 0 Å². The number of hydrogen-bond donors (Lipinski definition) is 2. The Labute approximate surface area is 175 Å². The van der Waals surface area contributed by atoms with Crippen molar-refractivity contribution in [1.82, 2.24) is 4.90 Å². The average molecular weight is 400 g/mol. The zero-order chi connectivity index (χ0) is 20.6. The standard InChI is InChI=1S/C24H37N3O2/c1-2-3-5-18-8-10-21(11-9-18)24(29)26-22-7-4-6-19(16-22)17-27-14-12-20(13-15-27)23(25)28/h4,6-7,16,18,20-21H,2-3,5,8-15,17H2,1H3,(H2,25,28)(H,26,29). The molecule has 5 heteroatoms. The van der Waals surface area contributed by atoms with Crippen LogP contribution in [0.2, 0.25) is 0 Å². The van der Waals surface area contributed by atoms with Crippen LogP contribution in [-0.4, -0.2) is 29.8 Å². The number of rotatable bonds is 8. The number of anilines is 1. The summed E-state index contributed by atoms with van der Waals surface area (Å²) in [6.45, 7) is 4.88. The summed E-state index contributed by atoms with van der Waals surface area (Å²) in [6.07, 6.45) is 10.0. The largest absolute Gasteiger partial charge is 0.369 e. The van der Waals surface area contributed by atoms with Crippen LogP contribution in [0.5, 0.6) is 0 Å². The fourth-order valence-electron chi connectivity index (χ4n) is 4.83. The molecular formula is C24H37N3O2. The second-order valence-electron chi connectivity index (χ2n) is 9.00. The summed E-state index contributed by atoms with van der Waals surface area (Å²) in [7, 11) is 0. The van der Waals surface area contributed by atoms with E-state index in [0.29, 0.717) is 0 Å². The predicted molar refractivity (Wildman–Crippen MR) is 117 cm³/mol. The molecule has 0 radical (unpaired) electrons. The second-order valence-corrected chi connectivity index (χ2v) is 9.00. The summed E-state index contributed by atoms with van der Waals surface area (Å²) >= 11 is 0. The van der Waals surface area contributed by atoms with Crippen LogP contribution >= 0.6 is 0 Å². The van der Waals surface area contributed by atoms with Crippen molar-refractivity contribution in [2.75, 3.05) is 18.4 Å². The first kappa shape index (κ1) is 21.8. The molecule has 0 spiro atoms. The van der Waals surface area contributed by atoms with Crippen molar-refractivity contribution >= 4 is 17.5 Å².